The van der Waals surface area contributed by atoms with Gasteiger partial charge in [-0.1, -0.05) is 46.5 Å². The first-order valence-electron chi connectivity index (χ1n) is 8.03. The fraction of sp³-hybridized carbons (Fsp3) is 0.875. The molecule has 0 spiro atoms. The van der Waals surface area contributed by atoms with Crippen molar-refractivity contribution in [2.45, 2.75) is 78.3 Å². The average molecular weight is 252 g/mol. The molecule has 0 aromatic rings. The van der Waals surface area contributed by atoms with Crippen molar-refractivity contribution in [2.24, 2.45) is 0 Å². The number of unbranched alkanes of at least 4 members (excludes halogenated alkanes) is 4. The molecule has 18 heavy (non-hydrogen) atoms. The first kappa shape index (κ1) is 15.4. The summed E-state index contributed by atoms with van der Waals surface area (Å²) < 4.78 is 0. The molecule has 0 radical (unpaired) electrons. The Morgan fingerprint density at radius 1 is 0.722 bits per heavy atom. The fourth-order valence-corrected chi connectivity index (χ4v) is 2.79. The highest BCUT2D eigenvalue weighted by molar-refractivity contribution is 4.96. The zero-order valence-corrected chi connectivity index (χ0v) is 12.7. The minimum absolute atomic E-state index is 0.645. The van der Waals surface area contributed by atoms with E-state index in [9.17, 15) is 0 Å². The highest BCUT2D eigenvalue weighted by Crippen LogP contribution is 2.22. The molecule has 0 aromatic carbocycles. The highest BCUT2D eigenvalue weighted by Gasteiger charge is 2.24. The van der Waals surface area contributed by atoms with Crippen LogP contribution in [0.5, 0.6) is 0 Å². The summed E-state index contributed by atoms with van der Waals surface area (Å²) in [7, 11) is 0. The van der Waals surface area contributed by atoms with E-state index < -0.39 is 0 Å². The molecule has 2 heteroatoms. The second-order valence-corrected chi connectivity index (χ2v) is 5.46. The van der Waals surface area contributed by atoms with Gasteiger partial charge in [0.2, 0.25) is 0 Å². The Morgan fingerprint density at radius 3 is 1.78 bits per heavy atom. The van der Waals surface area contributed by atoms with Gasteiger partial charge in [-0.25, -0.2) is 0 Å². The quantitative estimate of drug-likeness (QED) is 0.525. The largest absolute Gasteiger partial charge is 0.356 e. The van der Waals surface area contributed by atoms with Crippen LogP contribution in [-0.4, -0.2) is 29.1 Å². The van der Waals surface area contributed by atoms with Crippen molar-refractivity contribution in [1.29, 1.82) is 0 Å². The van der Waals surface area contributed by atoms with Crippen LogP contribution in [0.4, 0.5) is 0 Å². The van der Waals surface area contributed by atoms with Gasteiger partial charge in [0, 0.05) is 25.5 Å². The van der Waals surface area contributed by atoms with E-state index in [-0.39, 0.29) is 0 Å². The zero-order chi connectivity index (χ0) is 13.2. The summed E-state index contributed by atoms with van der Waals surface area (Å²) in [5, 5.41) is 0. The van der Waals surface area contributed by atoms with Crippen molar-refractivity contribution in [3.63, 3.8) is 0 Å². The van der Waals surface area contributed by atoms with Crippen molar-refractivity contribution in [3.05, 3.63) is 12.4 Å². The van der Waals surface area contributed by atoms with Crippen LogP contribution >= 0.6 is 0 Å². The van der Waals surface area contributed by atoms with Gasteiger partial charge in [0.05, 0.1) is 0 Å². The zero-order valence-electron chi connectivity index (χ0n) is 12.7. The lowest BCUT2D eigenvalue weighted by Gasteiger charge is -2.32. The monoisotopic (exact) mass is 252 g/mol. The number of nitrogens with zero attached hydrogens (tertiary/aromatic N) is 2. The van der Waals surface area contributed by atoms with E-state index in [1.165, 1.54) is 64.5 Å². The Kier molecular flexibility index (Phi) is 7.95. The fourth-order valence-electron chi connectivity index (χ4n) is 2.79. The summed E-state index contributed by atoms with van der Waals surface area (Å²) in [5.41, 5.74) is 0. The molecule has 2 nitrogen and oxygen atoms in total. The number of rotatable bonds is 10. The Balaban J connectivity index is 2.31. The van der Waals surface area contributed by atoms with Crippen molar-refractivity contribution in [2.75, 3.05) is 13.1 Å². The third-order valence-corrected chi connectivity index (χ3v) is 3.74. The van der Waals surface area contributed by atoms with E-state index in [4.69, 9.17) is 0 Å². The standard InChI is InChI=1S/C16H32N2/c1-4-7-8-9-10-11-16-17(12-5-2)14-15-18(16)13-6-3/h14-16H,4-13H2,1-3H3. The molecule has 0 unspecified atom stereocenters. The second kappa shape index (κ2) is 9.29. The van der Waals surface area contributed by atoms with Gasteiger partial charge >= 0.3 is 0 Å². The number of hydrogen-bond acceptors (Lipinski definition) is 2. The lowest BCUT2D eigenvalue weighted by atomic mass is 10.1. The van der Waals surface area contributed by atoms with Gasteiger partial charge in [0.15, 0.2) is 0 Å². The second-order valence-electron chi connectivity index (χ2n) is 5.46. The molecule has 1 aliphatic heterocycles. The van der Waals surface area contributed by atoms with E-state index >= 15 is 0 Å². The van der Waals surface area contributed by atoms with E-state index in [2.05, 4.69) is 43.0 Å². The summed E-state index contributed by atoms with van der Waals surface area (Å²) >= 11 is 0. The van der Waals surface area contributed by atoms with E-state index in [0.717, 1.165) is 0 Å². The minimum atomic E-state index is 0.645. The topological polar surface area (TPSA) is 6.48 Å². The summed E-state index contributed by atoms with van der Waals surface area (Å²) in [5.74, 6) is 0. The Labute approximate surface area is 114 Å². The van der Waals surface area contributed by atoms with Gasteiger partial charge in [-0.3, -0.25) is 0 Å². The van der Waals surface area contributed by atoms with Gasteiger partial charge in [-0.05, 0) is 25.7 Å². The van der Waals surface area contributed by atoms with Crippen LogP contribution in [0.15, 0.2) is 12.4 Å². The maximum Gasteiger partial charge on any atom is 0.101 e. The van der Waals surface area contributed by atoms with Crippen LogP contribution in [-0.2, 0) is 0 Å². The predicted molar refractivity (Wildman–Crippen MR) is 80.3 cm³/mol. The molecular weight excluding hydrogens is 220 g/mol. The predicted octanol–water partition coefficient (Wildman–Crippen LogP) is 4.58. The van der Waals surface area contributed by atoms with Gasteiger partial charge in [0.25, 0.3) is 0 Å². The molecule has 0 saturated heterocycles. The van der Waals surface area contributed by atoms with Crippen molar-refractivity contribution in [1.82, 2.24) is 9.80 Å². The first-order chi connectivity index (χ1) is 8.83. The molecule has 1 aliphatic rings. The molecule has 0 N–H and O–H groups in total. The normalized spacial score (nSPS) is 15.9. The molecule has 0 fully saturated rings. The summed E-state index contributed by atoms with van der Waals surface area (Å²) in [6.45, 7) is 9.24. The minimum Gasteiger partial charge on any atom is -0.356 e. The maximum absolute atomic E-state index is 2.54. The van der Waals surface area contributed by atoms with Gasteiger partial charge in [-0.15, -0.1) is 0 Å². The average Bonchev–Trinajstić information content (AvgIpc) is 2.73. The maximum atomic E-state index is 2.54. The lowest BCUT2D eigenvalue weighted by Crippen LogP contribution is -2.39. The molecule has 0 bridgehead atoms. The molecule has 0 amide bonds. The summed E-state index contributed by atoms with van der Waals surface area (Å²) in [6, 6.07) is 0. The van der Waals surface area contributed by atoms with Crippen molar-refractivity contribution < 1.29 is 0 Å². The highest BCUT2D eigenvalue weighted by atomic mass is 15.4. The third kappa shape index (κ3) is 4.91. The van der Waals surface area contributed by atoms with Crippen molar-refractivity contribution in [3.8, 4) is 0 Å². The Bertz CT molecular complexity index is 209. The van der Waals surface area contributed by atoms with Gasteiger partial charge in [-0.2, -0.15) is 0 Å². The smallest absolute Gasteiger partial charge is 0.101 e. The van der Waals surface area contributed by atoms with Crippen LogP contribution in [0, 0.1) is 0 Å². The van der Waals surface area contributed by atoms with Crippen LogP contribution in [0.3, 0.4) is 0 Å². The molecule has 1 heterocycles. The lowest BCUT2D eigenvalue weighted by molar-refractivity contribution is 0.139. The molecule has 0 aliphatic carbocycles. The third-order valence-electron chi connectivity index (χ3n) is 3.74. The Morgan fingerprint density at radius 2 is 1.28 bits per heavy atom. The van der Waals surface area contributed by atoms with Gasteiger partial charge in [0.1, 0.15) is 6.17 Å². The van der Waals surface area contributed by atoms with Gasteiger partial charge < -0.3 is 9.80 Å². The van der Waals surface area contributed by atoms with Crippen LogP contribution in [0.25, 0.3) is 0 Å². The molecule has 0 saturated carbocycles. The van der Waals surface area contributed by atoms with E-state index in [1.807, 2.05) is 0 Å². The molecular formula is C16H32N2. The van der Waals surface area contributed by atoms with E-state index in [1.54, 1.807) is 0 Å². The van der Waals surface area contributed by atoms with Crippen molar-refractivity contribution >= 4 is 0 Å². The summed E-state index contributed by atoms with van der Waals surface area (Å²) in [4.78, 5) is 5.07. The molecule has 106 valence electrons. The number of hydrogen-bond donors (Lipinski definition) is 0. The van der Waals surface area contributed by atoms with Crippen LogP contribution < -0.4 is 0 Å². The molecule has 0 atom stereocenters. The molecule has 0 aromatic heterocycles. The first-order valence-corrected chi connectivity index (χ1v) is 8.03. The van der Waals surface area contributed by atoms with Crippen LogP contribution in [0.2, 0.25) is 0 Å². The van der Waals surface area contributed by atoms with Crippen LogP contribution in [0.1, 0.15) is 72.1 Å². The molecule has 1 rings (SSSR count). The Hall–Kier alpha value is -0.660. The SMILES string of the molecule is CCCCCCCC1N(CCC)C=CN1CCC. The van der Waals surface area contributed by atoms with E-state index in [0.29, 0.717) is 6.17 Å². The summed E-state index contributed by atoms with van der Waals surface area (Å²) in [6.07, 6.45) is 16.0.